The van der Waals surface area contributed by atoms with Gasteiger partial charge in [0.15, 0.2) is 0 Å². The molecule has 28 heavy (non-hydrogen) atoms. The summed E-state index contributed by atoms with van der Waals surface area (Å²) < 4.78 is 0. The lowest BCUT2D eigenvalue weighted by atomic mass is 9.77. The van der Waals surface area contributed by atoms with Crippen LogP contribution in [0.4, 0.5) is 0 Å². The molecule has 0 radical (unpaired) electrons. The summed E-state index contributed by atoms with van der Waals surface area (Å²) in [4.78, 5) is 0. The molecule has 2 nitrogen and oxygen atoms in total. The summed E-state index contributed by atoms with van der Waals surface area (Å²) in [6.07, 6.45) is 22.2. The van der Waals surface area contributed by atoms with Crippen LogP contribution in [-0.2, 0) is 0 Å². The van der Waals surface area contributed by atoms with E-state index >= 15 is 0 Å². The van der Waals surface area contributed by atoms with E-state index in [1.54, 1.807) is 0 Å². The largest absolute Gasteiger partial charge is 0.155 e. The van der Waals surface area contributed by atoms with E-state index in [4.69, 9.17) is 10.2 Å². The monoisotopic (exact) mass is 384 g/mol. The van der Waals surface area contributed by atoms with Crippen LogP contribution in [0.1, 0.15) is 140 Å². The van der Waals surface area contributed by atoms with Gasteiger partial charge in [0.1, 0.15) is 0 Å². The van der Waals surface area contributed by atoms with Crippen molar-refractivity contribution in [3.63, 3.8) is 0 Å². The minimum Gasteiger partial charge on any atom is -0.155 e. The summed E-state index contributed by atoms with van der Waals surface area (Å²) in [5, 5.41) is 9.40. The van der Waals surface area contributed by atoms with Gasteiger partial charge in [-0.3, -0.25) is 0 Å². The number of nitrogens with zero attached hydrogens (tertiary/aromatic N) is 2. The zero-order valence-corrected chi connectivity index (χ0v) is 18.7. The second-order valence-electron chi connectivity index (χ2n) is 9.81. The van der Waals surface area contributed by atoms with Gasteiger partial charge in [0, 0.05) is 11.8 Å². The molecule has 3 rings (SSSR count). The van der Waals surface area contributed by atoms with Gasteiger partial charge < -0.3 is 0 Å². The lowest BCUT2D eigenvalue weighted by Gasteiger charge is -2.29. The van der Waals surface area contributed by atoms with Crippen LogP contribution < -0.4 is 0 Å². The maximum atomic E-state index is 4.70. The topological polar surface area (TPSA) is 25.8 Å². The highest BCUT2D eigenvalue weighted by Gasteiger charge is 2.25. The second-order valence-corrected chi connectivity index (χ2v) is 9.81. The van der Waals surface area contributed by atoms with E-state index in [2.05, 4.69) is 26.0 Å². The average Bonchev–Trinajstić information content (AvgIpc) is 2.75. The van der Waals surface area contributed by atoms with Crippen molar-refractivity contribution < 1.29 is 0 Å². The Bertz CT molecular complexity index is 522. The Morgan fingerprint density at radius 1 is 0.607 bits per heavy atom. The average molecular weight is 385 g/mol. The molecule has 1 aromatic rings. The van der Waals surface area contributed by atoms with Gasteiger partial charge in [-0.15, -0.1) is 0 Å². The minimum absolute atomic E-state index is 0.665. The van der Waals surface area contributed by atoms with Gasteiger partial charge in [-0.1, -0.05) is 65.2 Å². The highest BCUT2D eigenvalue weighted by Crippen LogP contribution is 2.39. The van der Waals surface area contributed by atoms with E-state index in [9.17, 15) is 0 Å². The zero-order valence-electron chi connectivity index (χ0n) is 18.7. The molecule has 2 heteroatoms. The van der Waals surface area contributed by atoms with Gasteiger partial charge in [0.05, 0.1) is 11.4 Å². The molecule has 0 unspecified atom stereocenters. The molecule has 2 aliphatic rings. The van der Waals surface area contributed by atoms with Crippen LogP contribution in [0.25, 0.3) is 0 Å². The number of aromatic nitrogens is 2. The molecule has 0 amide bonds. The van der Waals surface area contributed by atoms with Crippen molar-refractivity contribution in [3.8, 4) is 0 Å². The van der Waals surface area contributed by atoms with E-state index in [1.165, 1.54) is 114 Å². The first-order valence-corrected chi connectivity index (χ1v) is 12.6. The van der Waals surface area contributed by atoms with Crippen molar-refractivity contribution in [1.29, 1.82) is 0 Å². The molecule has 0 aliphatic heterocycles. The molecular weight excluding hydrogens is 340 g/mol. The second kappa shape index (κ2) is 11.9. The molecule has 0 aromatic carbocycles. The van der Waals surface area contributed by atoms with Crippen LogP contribution in [-0.4, -0.2) is 10.2 Å². The van der Waals surface area contributed by atoms with E-state index in [0.717, 1.165) is 11.8 Å². The first-order chi connectivity index (χ1) is 13.8. The van der Waals surface area contributed by atoms with Gasteiger partial charge in [-0.2, -0.15) is 10.2 Å². The van der Waals surface area contributed by atoms with Gasteiger partial charge in [0.2, 0.25) is 0 Å². The lowest BCUT2D eigenvalue weighted by Crippen LogP contribution is -2.17. The van der Waals surface area contributed by atoms with Crippen molar-refractivity contribution >= 4 is 0 Å². The molecule has 0 N–H and O–H groups in total. The maximum Gasteiger partial charge on any atom is 0.0662 e. The van der Waals surface area contributed by atoms with E-state index < -0.39 is 0 Å². The predicted molar refractivity (Wildman–Crippen MR) is 120 cm³/mol. The minimum atomic E-state index is 0.665. The van der Waals surface area contributed by atoms with Gasteiger partial charge in [-0.25, -0.2) is 0 Å². The Morgan fingerprint density at radius 3 is 1.57 bits per heavy atom. The quantitative estimate of drug-likeness (QED) is 0.380. The third-order valence-corrected chi connectivity index (χ3v) is 7.65. The molecule has 0 bridgehead atoms. The van der Waals surface area contributed by atoms with Crippen molar-refractivity contribution in [2.45, 2.75) is 128 Å². The molecule has 2 fully saturated rings. The highest BCUT2D eigenvalue weighted by atomic mass is 15.1. The van der Waals surface area contributed by atoms with Crippen molar-refractivity contribution in [3.05, 3.63) is 23.5 Å². The van der Waals surface area contributed by atoms with Crippen molar-refractivity contribution in [1.82, 2.24) is 10.2 Å². The first kappa shape index (κ1) is 21.8. The summed E-state index contributed by atoms with van der Waals surface area (Å²) in [6.45, 7) is 4.62. The molecular formula is C26H44N2. The number of unbranched alkanes of at least 4 members (excludes halogenated alkanes) is 4. The van der Waals surface area contributed by atoms with Crippen LogP contribution in [0.2, 0.25) is 0 Å². The Morgan fingerprint density at radius 2 is 1.11 bits per heavy atom. The van der Waals surface area contributed by atoms with Crippen LogP contribution in [0.3, 0.4) is 0 Å². The fourth-order valence-electron chi connectivity index (χ4n) is 5.73. The predicted octanol–water partition coefficient (Wildman–Crippen LogP) is 8.18. The van der Waals surface area contributed by atoms with Gasteiger partial charge in [-0.05, 0) is 75.3 Å². The lowest BCUT2D eigenvalue weighted by molar-refractivity contribution is 0.296. The number of hydrogen-bond donors (Lipinski definition) is 0. The fourth-order valence-corrected chi connectivity index (χ4v) is 5.73. The smallest absolute Gasteiger partial charge is 0.0662 e. The SMILES string of the molecule is CCCCCCC[C@H]1CC[C@H](c2ccc([C@H]3CC[C@H](CCC)CC3)nn2)CC1. The van der Waals surface area contributed by atoms with E-state index in [-0.39, 0.29) is 0 Å². The summed E-state index contributed by atoms with van der Waals surface area (Å²) in [5.41, 5.74) is 2.53. The van der Waals surface area contributed by atoms with E-state index in [0.29, 0.717) is 11.8 Å². The first-order valence-electron chi connectivity index (χ1n) is 12.6. The summed E-state index contributed by atoms with van der Waals surface area (Å²) in [7, 11) is 0. The van der Waals surface area contributed by atoms with Crippen LogP contribution in [0.15, 0.2) is 12.1 Å². The summed E-state index contributed by atoms with van der Waals surface area (Å²) in [6, 6.07) is 4.63. The number of rotatable bonds is 10. The molecule has 1 heterocycles. The normalized spacial score (nSPS) is 28.4. The third-order valence-electron chi connectivity index (χ3n) is 7.65. The third kappa shape index (κ3) is 6.56. The summed E-state index contributed by atoms with van der Waals surface area (Å²) >= 11 is 0. The van der Waals surface area contributed by atoms with Crippen LogP contribution in [0.5, 0.6) is 0 Å². The van der Waals surface area contributed by atoms with Crippen LogP contribution >= 0.6 is 0 Å². The molecule has 2 saturated carbocycles. The molecule has 0 saturated heterocycles. The van der Waals surface area contributed by atoms with E-state index in [1.807, 2.05) is 0 Å². The highest BCUT2D eigenvalue weighted by molar-refractivity contribution is 5.15. The number of hydrogen-bond acceptors (Lipinski definition) is 2. The Balaban J connectivity index is 1.39. The summed E-state index contributed by atoms with van der Waals surface area (Å²) in [5.74, 6) is 3.27. The van der Waals surface area contributed by atoms with Gasteiger partial charge >= 0.3 is 0 Å². The Hall–Kier alpha value is -0.920. The standard InChI is InChI=1S/C26H44N2/c1-3-5-6-7-8-10-22-13-17-24(18-14-22)26-20-19-25(27-28-26)23-15-11-21(9-4-2)12-16-23/h19-24H,3-18H2,1-2H3/t21-,22-,23-,24-. The zero-order chi connectivity index (χ0) is 19.6. The molecule has 158 valence electrons. The molecule has 0 spiro atoms. The van der Waals surface area contributed by atoms with Crippen molar-refractivity contribution in [2.75, 3.05) is 0 Å². The molecule has 0 atom stereocenters. The Kier molecular flexibility index (Phi) is 9.28. The van der Waals surface area contributed by atoms with Crippen molar-refractivity contribution in [2.24, 2.45) is 11.8 Å². The van der Waals surface area contributed by atoms with Crippen LogP contribution in [0, 0.1) is 11.8 Å². The maximum absolute atomic E-state index is 4.70. The molecule has 1 aromatic heterocycles. The Labute approximate surface area is 174 Å². The fraction of sp³-hybridized carbons (Fsp3) is 0.846. The van der Waals surface area contributed by atoms with Gasteiger partial charge in [0.25, 0.3) is 0 Å². The molecule has 2 aliphatic carbocycles.